The summed E-state index contributed by atoms with van der Waals surface area (Å²) in [4.78, 5) is 26.6. The molecule has 4 N–H and O–H groups in total. The van der Waals surface area contributed by atoms with Crippen molar-refractivity contribution in [3.05, 3.63) is 64.8 Å². The number of nitrogens with one attached hydrogen (secondary N) is 2. The van der Waals surface area contributed by atoms with E-state index in [4.69, 9.17) is 17.3 Å². The second-order valence-corrected chi connectivity index (χ2v) is 5.19. The van der Waals surface area contributed by atoms with Gasteiger partial charge in [-0.05, 0) is 30.3 Å². The van der Waals surface area contributed by atoms with Gasteiger partial charge in [0.25, 0.3) is 5.91 Å². The van der Waals surface area contributed by atoms with Crippen LogP contribution in [0.3, 0.4) is 0 Å². The molecule has 0 aliphatic rings. The van der Waals surface area contributed by atoms with Crippen molar-refractivity contribution in [1.82, 2.24) is 4.98 Å². The van der Waals surface area contributed by atoms with Crippen LogP contribution < -0.4 is 11.1 Å². The van der Waals surface area contributed by atoms with Crippen LogP contribution in [-0.4, -0.2) is 16.8 Å². The van der Waals surface area contributed by atoms with E-state index in [2.05, 4.69) is 10.3 Å². The van der Waals surface area contributed by atoms with Crippen molar-refractivity contribution in [3.8, 4) is 0 Å². The summed E-state index contributed by atoms with van der Waals surface area (Å²) in [5, 5.41) is 3.90. The molecular formula is C16H12ClN3O2. The molecule has 3 rings (SSSR count). The van der Waals surface area contributed by atoms with Gasteiger partial charge < -0.3 is 16.0 Å². The van der Waals surface area contributed by atoms with Crippen molar-refractivity contribution in [1.29, 1.82) is 0 Å². The molecule has 0 fully saturated rings. The van der Waals surface area contributed by atoms with Gasteiger partial charge in [-0.3, -0.25) is 9.59 Å². The highest BCUT2D eigenvalue weighted by atomic mass is 35.5. The topological polar surface area (TPSA) is 88.0 Å². The van der Waals surface area contributed by atoms with Crippen molar-refractivity contribution in [2.75, 3.05) is 5.32 Å². The first kappa shape index (κ1) is 14.2. The Hall–Kier alpha value is -2.79. The second kappa shape index (κ2) is 5.54. The lowest BCUT2D eigenvalue weighted by Gasteiger charge is -2.06. The van der Waals surface area contributed by atoms with Crippen LogP contribution in [0.5, 0.6) is 0 Å². The molecule has 0 aliphatic heterocycles. The monoisotopic (exact) mass is 313 g/mol. The van der Waals surface area contributed by atoms with E-state index in [0.29, 0.717) is 11.4 Å². The molecule has 6 heteroatoms. The molecule has 0 atom stereocenters. The maximum Gasteiger partial charge on any atom is 0.272 e. The molecule has 0 bridgehead atoms. The van der Waals surface area contributed by atoms with E-state index < -0.39 is 5.91 Å². The van der Waals surface area contributed by atoms with Crippen LogP contribution in [-0.2, 0) is 0 Å². The van der Waals surface area contributed by atoms with Crippen molar-refractivity contribution in [3.63, 3.8) is 0 Å². The standard InChI is InChI=1S/C16H12ClN3O2/c17-12-6-5-10(8-11(12)15(18)21)19-16(22)14-7-9-3-1-2-4-13(9)20-14/h1-8,20H,(H2,18,21)(H,19,22). The lowest BCUT2D eigenvalue weighted by atomic mass is 10.2. The molecule has 110 valence electrons. The highest BCUT2D eigenvalue weighted by molar-refractivity contribution is 6.34. The molecule has 0 saturated carbocycles. The fraction of sp³-hybridized carbons (Fsp3) is 0. The first-order valence-corrected chi connectivity index (χ1v) is 6.91. The quantitative estimate of drug-likeness (QED) is 0.693. The zero-order valence-electron chi connectivity index (χ0n) is 11.4. The molecule has 0 radical (unpaired) electrons. The Balaban J connectivity index is 1.87. The summed E-state index contributed by atoms with van der Waals surface area (Å²) in [5.41, 5.74) is 7.15. The zero-order chi connectivity index (χ0) is 15.7. The van der Waals surface area contributed by atoms with Gasteiger partial charge in [0.15, 0.2) is 0 Å². The van der Waals surface area contributed by atoms with Crippen molar-refractivity contribution < 1.29 is 9.59 Å². The number of halogens is 1. The van der Waals surface area contributed by atoms with Crippen molar-refractivity contribution in [2.45, 2.75) is 0 Å². The van der Waals surface area contributed by atoms with E-state index in [1.165, 1.54) is 12.1 Å². The Bertz CT molecular complexity index is 853. The lowest BCUT2D eigenvalue weighted by Crippen LogP contribution is -2.15. The van der Waals surface area contributed by atoms with Crippen LogP contribution in [0.2, 0.25) is 5.02 Å². The van der Waals surface area contributed by atoms with Gasteiger partial charge >= 0.3 is 0 Å². The maximum absolute atomic E-state index is 12.3. The number of anilines is 1. The number of aromatic amines is 1. The number of carbonyl (C=O) groups is 2. The lowest BCUT2D eigenvalue weighted by molar-refractivity contribution is 0.0995. The number of fused-ring (bicyclic) bond motifs is 1. The Morgan fingerprint density at radius 2 is 1.86 bits per heavy atom. The number of rotatable bonds is 3. The fourth-order valence-corrected chi connectivity index (χ4v) is 2.40. The highest BCUT2D eigenvalue weighted by Gasteiger charge is 2.12. The molecule has 2 amide bonds. The third-order valence-corrected chi connectivity index (χ3v) is 3.59. The summed E-state index contributed by atoms with van der Waals surface area (Å²) < 4.78 is 0. The third-order valence-electron chi connectivity index (χ3n) is 3.26. The summed E-state index contributed by atoms with van der Waals surface area (Å²) in [5.74, 6) is -0.958. The minimum atomic E-state index is -0.647. The molecule has 0 unspecified atom stereocenters. The number of amides is 2. The molecule has 1 aromatic heterocycles. The molecule has 1 heterocycles. The van der Waals surface area contributed by atoms with Gasteiger partial charge in [0.05, 0.1) is 10.6 Å². The first-order valence-electron chi connectivity index (χ1n) is 6.53. The number of primary amides is 1. The van der Waals surface area contributed by atoms with E-state index in [-0.39, 0.29) is 16.5 Å². The van der Waals surface area contributed by atoms with E-state index in [9.17, 15) is 9.59 Å². The summed E-state index contributed by atoms with van der Waals surface area (Å²) in [6.45, 7) is 0. The van der Waals surface area contributed by atoms with Crippen LogP contribution >= 0.6 is 11.6 Å². The maximum atomic E-state index is 12.3. The number of aromatic nitrogens is 1. The summed E-state index contributed by atoms with van der Waals surface area (Å²) >= 11 is 5.88. The molecule has 5 nitrogen and oxygen atoms in total. The minimum Gasteiger partial charge on any atom is -0.366 e. The number of nitrogens with two attached hydrogens (primary N) is 1. The smallest absolute Gasteiger partial charge is 0.272 e. The summed E-state index contributed by atoms with van der Waals surface area (Å²) in [7, 11) is 0. The molecular weight excluding hydrogens is 302 g/mol. The summed E-state index contributed by atoms with van der Waals surface area (Å²) in [6, 6.07) is 13.9. The molecule has 2 aromatic carbocycles. The fourth-order valence-electron chi connectivity index (χ4n) is 2.19. The van der Waals surface area contributed by atoms with E-state index in [0.717, 1.165) is 10.9 Å². The van der Waals surface area contributed by atoms with Crippen molar-refractivity contribution in [2.24, 2.45) is 5.73 Å². The summed E-state index contributed by atoms with van der Waals surface area (Å²) in [6.07, 6.45) is 0. The van der Waals surface area contributed by atoms with Gasteiger partial charge in [0, 0.05) is 16.6 Å². The molecule has 0 aliphatic carbocycles. The van der Waals surface area contributed by atoms with Crippen LogP contribution in [0.1, 0.15) is 20.8 Å². The molecule has 3 aromatic rings. The number of H-pyrrole nitrogens is 1. The number of para-hydroxylation sites is 1. The Morgan fingerprint density at radius 3 is 2.59 bits per heavy atom. The average Bonchev–Trinajstić information content (AvgIpc) is 2.93. The Labute approximate surface area is 131 Å². The highest BCUT2D eigenvalue weighted by Crippen LogP contribution is 2.21. The van der Waals surface area contributed by atoms with Gasteiger partial charge in [0.2, 0.25) is 5.91 Å². The van der Waals surface area contributed by atoms with Crippen LogP contribution in [0, 0.1) is 0 Å². The number of carbonyl (C=O) groups excluding carboxylic acids is 2. The largest absolute Gasteiger partial charge is 0.366 e. The molecule has 0 spiro atoms. The average molecular weight is 314 g/mol. The normalized spacial score (nSPS) is 10.6. The minimum absolute atomic E-state index is 0.163. The van der Waals surface area contributed by atoms with E-state index in [1.54, 1.807) is 12.1 Å². The molecule has 0 saturated heterocycles. The van der Waals surface area contributed by atoms with Gasteiger partial charge in [0.1, 0.15) is 5.69 Å². The number of hydrogen-bond acceptors (Lipinski definition) is 2. The Kier molecular flexibility index (Phi) is 3.56. The predicted molar refractivity (Wildman–Crippen MR) is 86.2 cm³/mol. The predicted octanol–water partition coefficient (Wildman–Crippen LogP) is 3.17. The zero-order valence-corrected chi connectivity index (χ0v) is 12.1. The Morgan fingerprint density at radius 1 is 1.09 bits per heavy atom. The number of hydrogen-bond donors (Lipinski definition) is 3. The SMILES string of the molecule is NC(=O)c1cc(NC(=O)c2cc3ccccc3[nH]2)ccc1Cl. The van der Waals surface area contributed by atoms with Crippen LogP contribution in [0.25, 0.3) is 10.9 Å². The number of benzene rings is 2. The second-order valence-electron chi connectivity index (χ2n) is 4.78. The molecule has 22 heavy (non-hydrogen) atoms. The van der Waals surface area contributed by atoms with E-state index in [1.807, 2.05) is 24.3 Å². The van der Waals surface area contributed by atoms with Crippen LogP contribution in [0.4, 0.5) is 5.69 Å². The van der Waals surface area contributed by atoms with E-state index >= 15 is 0 Å². The van der Waals surface area contributed by atoms with Gasteiger partial charge in [-0.1, -0.05) is 29.8 Å². The van der Waals surface area contributed by atoms with Crippen molar-refractivity contribution >= 4 is 40.0 Å². The first-order chi connectivity index (χ1) is 10.5. The van der Waals surface area contributed by atoms with Crippen LogP contribution in [0.15, 0.2) is 48.5 Å². The van der Waals surface area contributed by atoms with Gasteiger partial charge in [-0.15, -0.1) is 0 Å². The van der Waals surface area contributed by atoms with Gasteiger partial charge in [-0.2, -0.15) is 0 Å². The van der Waals surface area contributed by atoms with Gasteiger partial charge in [-0.25, -0.2) is 0 Å². The third kappa shape index (κ3) is 2.66.